The Bertz CT molecular complexity index is 849. The average molecular weight is 497 g/mol. The third-order valence-corrected chi connectivity index (χ3v) is 5.13. The number of hydrogen-bond acceptors (Lipinski definition) is 3. The van der Waals surface area contributed by atoms with Crippen LogP contribution < -0.4 is 15.4 Å². The van der Waals surface area contributed by atoms with E-state index in [-0.39, 0.29) is 11.7 Å². The topological polar surface area (TPSA) is 50.4 Å². The van der Waals surface area contributed by atoms with Gasteiger partial charge in [0.25, 0.3) is 5.91 Å². The minimum atomic E-state index is -0.412. The highest BCUT2D eigenvalue weighted by atomic mass is 79.9. The molecular weight excluding hydrogens is 483 g/mol. The number of amides is 1. The van der Waals surface area contributed by atoms with Crippen molar-refractivity contribution in [3.8, 4) is 5.75 Å². The first-order chi connectivity index (χ1) is 12.3. The molecule has 0 spiro atoms. The zero-order chi connectivity index (χ0) is 19.3. The van der Waals surface area contributed by atoms with Crippen molar-refractivity contribution in [2.75, 3.05) is 11.9 Å². The van der Waals surface area contributed by atoms with Crippen LogP contribution in [-0.2, 0) is 11.2 Å². The third kappa shape index (κ3) is 5.99. The Morgan fingerprint density at radius 1 is 1.15 bits per heavy atom. The second kappa shape index (κ2) is 9.76. The fourth-order valence-corrected chi connectivity index (χ4v) is 3.32. The first-order valence-electron chi connectivity index (χ1n) is 7.46. The van der Waals surface area contributed by atoms with Gasteiger partial charge in [-0.3, -0.25) is 10.1 Å². The monoisotopic (exact) mass is 494 g/mol. The SMILES string of the molecule is CCc1ccc(OCC(=O)NC(=S)Nc2cc(Cl)c(Cl)cc2Cl)c(Br)c1. The van der Waals surface area contributed by atoms with Gasteiger partial charge in [-0.15, -0.1) is 0 Å². The lowest BCUT2D eigenvalue weighted by Crippen LogP contribution is -2.37. The maximum atomic E-state index is 12.0. The van der Waals surface area contributed by atoms with Gasteiger partial charge < -0.3 is 10.1 Å². The molecular formula is C17H14BrCl3N2O2S. The van der Waals surface area contributed by atoms with Gasteiger partial charge in [0.15, 0.2) is 11.7 Å². The minimum absolute atomic E-state index is 0.0688. The van der Waals surface area contributed by atoms with Crippen LogP contribution in [0.1, 0.15) is 12.5 Å². The van der Waals surface area contributed by atoms with Gasteiger partial charge in [0.05, 0.1) is 25.2 Å². The van der Waals surface area contributed by atoms with E-state index in [1.807, 2.05) is 18.2 Å². The summed E-state index contributed by atoms with van der Waals surface area (Å²) in [7, 11) is 0. The van der Waals surface area contributed by atoms with Crippen molar-refractivity contribution in [2.45, 2.75) is 13.3 Å². The number of benzene rings is 2. The van der Waals surface area contributed by atoms with E-state index in [0.717, 1.165) is 16.5 Å². The van der Waals surface area contributed by atoms with E-state index in [0.29, 0.717) is 26.5 Å². The van der Waals surface area contributed by atoms with Crippen molar-refractivity contribution >= 4 is 79.7 Å². The van der Waals surface area contributed by atoms with Crippen LogP contribution in [0.5, 0.6) is 5.75 Å². The normalized spacial score (nSPS) is 10.3. The van der Waals surface area contributed by atoms with Crippen LogP contribution in [0.15, 0.2) is 34.8 Å². The molecule has 0 aliphatic carbocycles. The molecule has 0 aromatic heterocycles. The lowest BCUT2D eigenvalue weighted by atomic mass is 10.2. The molecule has 2 N–H and O–H groups in total. The molecule has 0 aliphatic heterocycles. The van der Waals surface area contributed by atoms with Crippen molar-refractivity contribution in [1.82, 2.24) is 5.32 Å². The van der Waals surface area contributed by atoms with E-state index < -0.39 is 5.91 Å². The Kier molecular flexibility index (Phi) is 7.98. The summed E-state index contributed by atoms with van der Waals surface area (Å²) < 4.78 is 6.28. The summed E-state index contributed by atoms with van der Waals surface area (Å²) in [6.45, 7) is 1.87. The number of halogens is 4. The largest absolute Gasteiger partial charge is 0.483 e. The van der Waals surface area contributed by atoms with Crippen molar-refractivity contribution in [1.29, 1.82) is 0 Å². The molecule has 0 fully saturated rings. The molecule has 26 heavy (non-hydrogen) atoms. The molecule has 0 bridgehead atoms. The lowest BCUT2D eigenvalue weighted by molar-refractivity contribution is -0.121. The molecule has 0 saturated carbocycles. The molecule has 1 amide bonds. The van der Waals surface area contributed by atoms with Gasteiger partial charge in [-0.1, -0.05) is 47.8 Å². The Labute approximate surface area is 180 Å². The Balaban J connectivity index is 1.89. The maximum Gasteiger partial charge on any atom is 0.264 e. The average Bonchev–Trinajstić information content (AvgIpc) is 2.58. The van der Waals surface area contributed by atoms with E-state index >= 15 is 0 Å². The summed E-state index contributed by atoms with van der Waals surface area (Å²) in [5.74, 6) is 0.161. The van der Waals surface area contributed by atoms with Gasteiger partial charge in [0.1, 0.15) is 5.75 Å². The fraction of sp³-hybridized carbons (Fsp3) is 0.176. The zero-order valence-corrected chi connectivity index (χ0v) is 18.2. The fourth-order valence-electron chi connectivity index (χ4n) is 1.96. The minimum Gasteiger partial charge on any atom is -0.483 e. The molecule has 2 aromatic carbocycles. The van der Waals surface area contributed by atoms with Crippen LogP contribution in [0.3, 0.4) is 0 Å². The second-order valence-electron chi connectivity index (χ2n) is 5.16. The molecule has 0 radical (unpaired) electrons. The summed E-state index contributed by atoms with van der Waals surface area (Å²) in [5, 5.41) is 6.34. The predicted molar refractivity (Wildman–Crippen MR) is 115 cm³/mol. The van der Waals surface area contributed by atoms with E-state index in [2.05, 4.69) is 33.5 Å². The molecule has 0 unspecified atom stereocenters. The summed E-state index contributed by atoms with van der Waals surface area (Å²) in [5.41, 5.74) is 1.60. The number of carbonyl (C=O) groups excluding carboxylic acids is 1. The molecule has 4 nitrogen and oxygen atoms in total. The number of thiocarbonyl (C=S) groups is 1. The highest BCUT2D eigenvalue weighted by Crippen LogP contribution is 2.32. The molecule has 2 aromatic rings. The standard InChI is InChI=1S/C17H14BrCl3N2O2S/c1-2-9-3-4-15(10(18)5-9)25-8-16(24)23-17(26)22-14-7-12(20)11(19)6-13(14)21/h3-7H,2,8H2,1H3,(H2,22,23,24,26). The number of hydrogen-bond donors (Lipinski definition) is 2. The molecule has 0 aliphatic rings. The van der Waals surface area contributed by atoms with Gasteiger partial charge in [-0.25, -0.2) is 0 Å². The number of nitrogens with one attached hydrogen (secondary N) is 2. The maximum absolute atomic E-state index is 12.0. The number of anilines is 1. The van der Waals surface area contributed by atoms with E-state index in [9.17, 15) is 4.79 Å². The Hall–Kier alpha value is -1.05. The molecule has 2 rings (SSSR count). The second-order valence-corrected chi connectivity index (χ2v) is 7.64. The summed E-state index contributed by atoms with van der Waals surface area (Å²) in [4.78, 5) is 12.0. The van der Waals surface area contributed by atoms with Crippen LogP contribution in [0.2, 0.25) is 15.1 Å². The smallest absolute Gasteiger partial charge is 0.264 e. The van der Waals surface area contributed by atoms with Crippen molar-refractivity contribution < 1.29 is 9.53 Å². The Morgan fingerprint density at radius 2 is 1.85 bits per heavy atom. The van der Waals surface area contributed by atoms with Crippen LogP contribution in [-0.4, -0.2) is 17.6 Å². The first-order valence-corrected chi connectivity index (χ1v) is 9.80. The van der Waals surface area contributed by atoms with Gasteiger partial charge in [0.2, 0.25) is 0 Å². The number of rotatable bonds is 5. The van der Waals surface area contributed by atoms with Crippen molar-refractivity contribution in [3.05, 3.63) is 55.4 Å². The summed E-state index contributed by atoms with van der Waals surface area (Å²) in [6.07, 6.45) is 0.913. The summed E-state index contributed by atoms with van der Waals surface area (Å²) >= 11 is 26.4. The number of ether oxygens (including phenoxy) is 1. The zero-order valence-electron chi connectivity index (χ0n) is 13.5. The predicted octanol–water partition coefficient (Wildman–Crippen LogP) is 5.86. The van der Waals surface area contributed by atoms with Crippen molar-refractivity contribution in [2.24, 2.45) is 0 Å². The van der Waals surface area contributed by atoms with Crippen LogP contribution >= 0.6 is 63.0 Å². The highest BCUT2D eigenvalue weighted by Gasteiger charge is 2.11. The molecule has 0 saturated heterocycles. The van der Waals surface area contributed by atoms with E-state index in [4.69, 9.17) is 51.8 Å². The van der Waals surface area contributed by atoms with Gasteiger partial charge in [-0.2, -0.15) is 0 Å². The van der Waals surface area contributed by atoms with E-state index in [1.54, 1.807) is 0 Å². The Morgan fingerprint density at radius 3 is 2.50 bits per heavy atom. The van der Waals surface area contributed by atoms with E-state index in [1.165, 1.54) is 12.1 Å². The van der Waals surface area contributed by atoms with Crippen LogP contribution in [0.25, 0.3) is 0 Å². The number of carbonyl (C=O) groups is 1. The number of aryl methyl sites for hydroxylation is 1. The molecule has 138 valence electrons. The lowest BCUT2D eigenvalue weighted by Gasteiger charge is -2.13. The van der Waals surface area contributed by atoms with Crippen molar-refractivity contribution in [3.63, 3.8) is 0 Å². The van der Waals surface area contributed by atoms with Crippen LogP contribution in [0.4, 0.5) is 5.69 Å². The highest BCUT2D eigenvalue weighted by molar-refractivity contribution is 9.10. The first kappa shape index (κ1) is 21.3. The quantitative estimate of drug-likeness (QED) is 0.402. The molecule has 0 heterocycles. The van der Waals surface area contributed by atoms with Crippen LogP contribution in [0, 0.1) is 0 Å². The molecule has 0 atom stereocenters. The van der Waals surface area contributed by atoms with Gasteiger partial charge in [-0.05, 0) is 64.4 Å². The third-order valence-electron chi connectivity index (χ3n) is 3.27. The van der Waals surface area contributed by atoms with Gasteiger partial charge >= 0.3 is 0 Å². The summed E-state index contributed by atoms with van der Waals surface area (Å²) in [6, 6.07) is 8.71. The molecule has 9 heteroatoms. The van der Waals surface area contributed by atoms with Gasteiger partial charge in [0, 0.05) is 0 Å².